The van der Waals surface area contributed by atoms with Crippen molar-refractivity contribution in [3.8, 4) is 0 Å². The Morgan fingerprint density at radius 1 is 1.75 bits per heavy atom. The summed E-state index contributed by atoms with van der Waals surface area (Å²) >= 11 is 1.59. The van der Waals surface area contributed by atoms with Gasteiger partial charge in [-0.15, -0.1) is 11.8 Å². The molecule has 0 aromatic heterocycles. The molecule has 1 atom stereocenters. The van der Waals surface area contributed by atoms with E-state index >= 15 is 0 Å². The maximum atomic E-state index is 10.9. The summed E-state index contributed by atoms with van der Waals surface area (Å²) in [6, 6.07) is 0. The number of rotatable bonds is 1. The van der Waals surface area contributed by atoms with Crippen LogP contribution in [0.25, 0.3) is 0 Å². The zero-order valence-corrected chi connectivity index (χ0v) is 7.13. The van der Waals surface area contributed by atoms with Crippen molar-refractivity contribution in [1.82, 2.24) is 4.90 Å². The lowest BCUT2D eigenvalue weighted by atomic mass is 10.2. The molecule has 2 amide bonds. The van der Waals surface area contributed by atoms with E-state index in [1.54, 1.807) is 22.9 Å². The highest BCUT2D eigenvalue weighted by Gasteiger charge is 2.38. The van der Waals surface area contributed by atoms with Crippen LogP contribution in [0.15, 0.2) is 11.8 Å². The first kappa shape index (κ1) is 7.67. The number of hydrogen-bond acceptors (Lipinski definition) is 3. The number of β-lactam (4-membered cyclic amide) rings is 1. The molecule has 2 N–H and O–H groups in total. The maximum absolute atomic E-state index is 10.9. The lowest BCUT2D eigenvalue weighted by Crippen LogP contribution is -2.49. The molecule has 2 heterocycles. The standard InChI is InChI=1S/C7H8N2O2S/c8-7(11)4-2-9-5(10)1-6(9)12-3-4/h2,6H,1,3H2,(H2,8,11)/t6-/m1/s1. The number of nitrogens with two attached hydrogens (primary N) is 1. The molecule has 5 heteroatoms. The topological polar surface area (TPSA) is 63.4 Å². The predicted molar refractivity (Wildman–Crippen MR) is 45.0 cm³/mol. The molecule has 64 valence electrons. The third kappa shape index (κ3) is 1.01. The number of fused-ring (bicyclic) bond motifs is 1. The molecule has 0 aromatic carbocycles. The van der Waals surface area contributed by atoms with Crippen molar-refractivity contribution in [2.75, 3.05) is 5.75 Å². The first-order valence-electron chi connectivity index (χ1n) is 3.62. The van der Waals surface area contributed by atoms with Gasteiger partial charge in [-0.1, -0.05) is 0 Å². The molecule has 0 aliphatic carbocycles. The van der Waals surface area contributed by atoms with E-state index in [1.807, 2.05) is 0 Å². The summed E-state index contributed by atoms with van der Waals surface area (Å²) in [6.45, 7) is 0. The number of hydrogen-bond donors (Lipinski definition) is 1. The fourth-order valence-electron chi connectivity index (χ4n) is 1.22. The van der Waals surface area contributed by atoms with Crippen molar-refractivity contribution >= 4 is 23.6 Å². The SMILES string of the molecule is NC(=O)C1=CN2C(=O)C[C@H]2SC1. The second-order valence-corrected chi connectivity index (χ2v) is 3.96. The summed E-state index contributed by atoms with van der Waals surface area (Å²) in [6.07, 6.45) is 2.17. The highest BCUT2D eigenvalue weighted by molar-refractivity contribution is 8.00. The number of carbonyl (C=O) groups is 2. The normalized spacial score (nSPS) is 27.3. The zero-order valence-electron chi connectivity index (χ0n) is 6.32. The largest absolute Gasteiger partial charge is 0.366 e. The molecular formula is C7H8N2O2S. The van der Waals surface area contributed by atoms with Crippen LogP contribution in [0.5, 0.6) is 0 Å². The van der Waals surface area contributed by atoms with Gasteiger partial charge in [0.15, 0.2) is 0 Å². The molecule has 2 aliphatic rings. The highest BCUT2D eigenvalue weighted by Crippen LogP contribution is 2.35. The van der Waals surface area contributed by atoms with Gasteiger partial charge in [-0.2, -0.15) is 0 Å². The Morgan fingerprint density at radius 3 is 3.08 bits per heavy atom. The molecule has 4 nitrogen and oxygen atoms in total. The van der Waals surface area contributed by atoms with Crippen LogP contribution >= 0.6 is 11.8 Å². The van der Waals surface area contributed by atoms with Gasteiger partial charge in [0, 0.05) is 17.5 Å². The minimum atomic E-state index is -0.430. The van der Waals surface area contributed by atoms with Gasteiger partial charge >= 0.3 is 0 Å². The van der Waals surface area contributed by atoms with Crippen molar-refractivity contribution < 1.29 is 9.59 Å². The molecule has 0 bridgehead atoms. The summed E-state index contributed by atoms with van der Waals surface area (Å²) in [7, 11) is 0. The van der Waals surface area contributed by atoms with Crippen molar-refractivity contribution in [1.29, 1.82) is 0 Å². The molecule has 0 unspecified atom stereocenters. The number of nitrogens with zero attached hydrogens (tertiary/aromatic N) is 1. The van der Waals surface area contributed by atoms with E-state index in [0.29, 0.717) is 17.7 Å². The number of amides is 2. The van der Waals surface area contributed by atoms with E-state index < -0.39 is 5.91 Å². The molecule has 0 aromatic rings. The summed E-state index contributed by atoms with van der Waals surface area (Å²) in [5.41, 5.74) is 5.62. The molecule has 0 spiro atoms. The van der Waals surface area contributed by atoms with Crippen LogP contribution in [0.3, 0.4) is 0 Å². The van der Waals surface area contributed by atoms with Crippen molar-refractivity contribution in [2.45, 2.75) is 11.8 Å². The van der Waals surface area contributed by atoms with Gasteiger partial charge in [0.05, 0.1) is 11.8 Å². The van der Waals surface area contributed by atoms with E-state index in [2.05, 4.69) is 0 Å². The Morgan fingerprint density at radius 2 is 2.50 bits per heavy atom. The number of primary amides is 1. The first-order chi connectivity index (χ1) is 5.68. The third-order valence-electron chi connectivity index (χ3n) is 1.99. The highest BCUT2D eigenvalue weighted by atomic mass is 32.2. The molecule has 1 fully saturated rings. The molecule has 2 rings (SSSR count). The Kier molecular flexibility index (Phi) is 1.61. The van der Waals surface area contributed by atoms with Gasteiger partial charge in [-0.05, 0) is 0 Å². The quantitative estimate of drug-likeness (QED) is 0.567. The van der Waals surface area contributed by atoms with E-state index in [0.717, 1.165) is 0 Å². The lowest BCUT2D eigenvalue weighted by molar-refractivity contribution is -0.137. The van der Waals surface area contributed by atoms with Crippen LogP contribution < -0.4 is 5.73 Å². The Balaban J connectivity index is 2.19. The smallest absolute Gasteiger partial charge is 0.246 e. The van der Waals surface area contributed by atoms with Crippen LogP contribution in [0.2, 0.25) is 0 Å². The van der Waals surface area contributed by atoms with Crippen molar-refractivity contribution in [2.24, 2.45) is 5.73 Å². The second kappa shape index (κ2) is 2.52. The van der Waals surface area contributed by atoms with E-state index in [1.165, 1.54) is 0 Å². The Labute approximate surface area is 73.8 Å². The molecule has 12 heavy (non-hydrogen) atoms. The van der Waals surface area contributed by atoms with Crippen molar-refractivity contribution in [3.63, 3.8) is 0 Å². The summed E-state index contributed by atoms with van der Waals surface area (Å²) in [5.74, 6) is 0.274. The van der Waals surface area contributed by atoms with Gasteiger partial charge in [0.25, 0.3) is 0 Å². The predicted octanol–water partition coefficient (Wildman–Crippen LogP) is -0.339. The average Bonchev–Trinajstić information content (AvgIpc) is 2.02. The van der Waals surface area contributed by atoms with Crippen LogP contribution in [0.4, 0.5) is 0 Å². The van der Waals surface area contributed by atoms with Gasteiger partial charge in [-0.3, -0.25) is 9.59 Å². The second-order valence-electron chi connectivity index (χ2n) is 2.79. The fraction of sp³-hybridized carbons (Fsp3) is 0.429. The zero-order chi connectivity index (χ0) is 8.72. The number of carbonyl (C=O) groups excluding carboxylic acids is 2. The molecular weight excluding hydrogens is 176 g/mol. The summed E-state index contributed by atoms with van der Waals surface area (Å²) in [4.78, 5) is 23.3. The van der Waals surface area contributed by atoms with Gasteiger partial charge in [-0.25, -0.2) is 0 Å². The summed E-state index contributed by atoms with van der Waals surface area (Å²) < 4.78 is 0. The summed E-state index contributed by atoms with van der Waals surface area (Å²) in [5, 5.41) is 0.251. The van der Waals surface area contributed by atoms with E-state index in [4.69, 9.17) is 5.73 Å². The van der Waals surface area contributed by atoms with Gasteiger partial charge in [0.2, 0.25) is 11.8 Å². The van der Waals surface area contributed by atoms with Crippen LogP contribution in [0, 0.1) is 0 Å². The minimum absolute atomic E-state index is 0.0750. The molecule has 2 aliphatic heterocycles. The van der Waals surface area contributed by atoms with Crippen LogP contribution in [-0.2, 0) is 9.59 Å². The third-order valence-corrected chi connectivity index (χ3v) is 3.25. The molecule has 0 radical (unpaired) electrons. The molecule has 1 saturated heterocycles. The van der Waals surface area contributed by atoms with Crippen LogP contribution in [-0.4, -0.2) is 27.8 Å². The fourth-order valence-corrected chi connectivity index (χ4v) is 2.41. The maximum Gasteiger partial charge on any atom is 0.246 e. The minimum Gasteiger partial charge on any atom is -0.366 e. The van der Waals surface area contributed by atoms with E-state index in [-0.39, 0.29) is 11.3 Å². The van der Waals surface area contributed by atoms with E-state index in [9.17, 15) is 9.59 Å². The van der Waals surface area contributed by atoms with Crippen molar-refractivity contribution in [3.05, 3.63) is 11.8 Å². The average molecular weight is 184 g/mol. The van der Waals surface area contributed by atoms with Gasteiger partial charge in [0.1, 0.15) is 0 Å². The number of thioether (sulfide) groups is 1. The lowest BCUT2D eigenvalue weighted by Gasteiger charge is -2.40. The monoisotopic (exact) mass is 184 g/mol. The molecule has 0 saturated carbocycles. The van der Waals surface area contributed by atoms with Crippen LogP contribution in [0.1, 0.15) is 6.42 Å². The first-order valence-corrected chi connectivity index (χ1v) is 4.66. The Hall–Kier alpha value is -0.970. The Bertz CT molecular complexity index is 287. The van der Waals surface area contributed by atoms with Gasteiger partial charge < -0.3 is 10.6 Å².